The van der Waals surface area contributed by atoms with E-state index in [1.54, 1.807) is 11.8 Å². The number of hydrogen-bond donors (Lipinski definition) is 2. The van der Waals surface area contributed by atoms with Crippen LogP contribution in [0.15, 0.2) is 24.3 Å². The van der Waals surface area contributed by atoms with E-state index in [0.29, 0.717) is 11.5 Å². The number of thioether (sulfide) groups is 2. The van der Waals surface area contributed by atoms with Gasteiger partial charge in [-0.1, -0.05) is 32.9 Å². The van der Waals surface area contributed by atoms with E-state index in [1.807, 2.05) is 24.3 Å². The number of amides is 1. The lowest BCUT2D eigenvalue weighted by atomic mass is 10.2. The van der Waals surface area contributed by atoms with Crippen molar-refractivity contribution in [1.82, 2.24) is 0 Å². The molecule has 0 radical (unpaired) electrons. The summed E-state index contributed by atoms with van der Waals surface area (Å²) in [5.41, 5.74) is 1.76. The van der Waals surface area contributed by atoms with Gasteiger partial charge in [-0.3, -0.25) is 9.59 Å². The Labute approximate surface area is 134 Å². The highest BCUT2D eigenvalue weighted by atomic mass is 32.2. The second kappa shape index (κ2) is 8.34. The molecule has 2 N–H and O–H groups in total. The molecule has 0 spiro atoms. The van der Waals surface area contributed by atoms with E-state index in [9.17, 15) is 9.59 Å². The Morgan fingerprint density at radius 1 is 1.24 bits per heavy atom. The number of aliphatic carboxylic acids is 1. The van der Waals surface area contributed by atoms with E-state index >= 15 is 0 Å². The minimum atomic E-state index is -0.816. The van der Waals surface area contributed by atoms with Crippen molar-refractivity contribution in [3.05, 3.63) is 29.8 Å². The molecule has 6 heteroatoms. The average molecular weight is 327 g/mol. The Hall–Kier alpha value is -1.14. The molecule has 0 saturated heterocycles. The third-order valence-electron chi connectivity index (χ3n) is 2.34. The molecular weight excluding hydrogens is 306 g/mol. The molecule has 0 aliphatic carbocycles. The Morgan fingerprint density at radius 2 is 1.95 bits per heavy atom. The van der Waals surface area contributed by atoms with Gasteiger partial charge in [0.2, 0.25) is 5.91 Å². The van der Waals surface area contributed by atoms with E-state index in [1.165, 1.54) is 11.8 Å². The standard InChI is InChI=1S/C15H21NO3S2/c1-15(2,3)21-9-13(17)16-12-6-4-5-11(7-12)8-20-10-14(18)19/h4-7H,8-10H2,1-3H3,(H,16,17)(H,18,19). The molecule has 4 nitrogen and oxygen atoms in total. The van der Waals surface area contributed by atoms with Crippen molar-refractivity contribution in [2.75, 3.05) is 16.8 Å². The van der Waals surface area contributed by atoms with Crippen molar-refractivity contribution in [2.45, 2.75) is 31.3 Å². The van der Waals surface area contributed by atoms with Gasteiger partial charge in [0.1, 0.15) is 0 Å². The van der Waals surface area contributed by atoms with E-state index < -0.39 is 5.97 Å². The van der Waals surface area contributed by atoms with Gasteiger partial charge in [0.25, 0.3) is 0 Å². The first kappa shape index (κ1) is 17.9. The number of hydrogen-bond acceptors (Lipinski definition) is 4. The third kappa shape index (κ3) is 8.67. The summed E-state index contributed by atoms with van der Waals surface area (Å²) in [5, 5.41) is 11.5. The zero-order chi connectivity index (χ0) is 15.9. The summed E-state index contributed by atoms with van der Waals surface area (Å²) in [7, 11) is 0. The lowest BCUT2D eigenvalue weighted by molar-refractivity contribution is -0.133. The minimum Gasteiger partial charge on any atom is -0.481 e. The number of carbonyl (C=O) groups excluding carboxylic acids is 1. The molecule has 0 bridgehead atoms. The minimum absolute atomic E-state index is 0.0229. The van der Waals surface area contributed by atoms with Crippen molar-refractivity contribution in [3.8, 4) is 0 Å². The molecule has 1 aromatic rings. The van der Waals surface area contributed by atoms with Crippen LogP contribution in [0.4, 0.5) is 5.69 Å². The molecule has 0 unspecified atom stereocenters. The smallest absolute Gasteiger partial charge is 0.313 e. The van der Waals surface area contributed by atoms with Crippen molar-refractivity contribution in [1.29, 1.82) is 0 Å². The summed E-state index contributed by atoms with van der Waals surface area (Å²) >= 11 is 2.94. The molecule has 116 valence electrons. The van der Waals surface area contributed by atoms with E-state index in [4.69, 9.17) is 5.11 Å². The Bertz CT molecular complexity index is 498. The topological polar surface area (TPSA) is 66.4 Å². The number of nitrogens with one attached hydrogen (secondary N) is 1. The van der Waals surface area contributed by atoms with Crippen molar-refractivity contribution < 1.29 is 14.7 Å². The predicted molar refractivity (Wildman–Crippen MR) is 91.1 cm³/mol. The molecule has 0 aliphatic rings. The van der Waals surface area contributed by atoms with Crippen LogP contribution in [0.5, 0.6) is 0 Å². The van der Waals surface area contributed by atoms with Crippen molar-refractivity contribution in [3.63, 3.8) is 0 Å². The van der Waals surface area contributed by atoms with Crippen LogP contribution in [0.25, 0.3) is 0 Å². The fourth-order valence-corrected chi connectivity index (χ4v) is 2.80. The number of benzene rings is 1. The molecule has 0 aliphatic heterocycles. The van der Waals surface area contributed by atoms with Gasteiger partial charge in [0, 0.05) is 16.2 Å². The first-order valence-electron chi connectivity index (χ1n) is 6.58. The summed E-state index contributed by atoms with van der Waals surface area (Å²) in [6, 6.07) is 7.51. The summed E-state index contributed by atoms with van der Waals surface area (Å²) in [6.07, 6.45) is 0. The van der Waals surface area contributed by atoms with Crippen LogP contribution in [-0.4, -0.2) is 33.2 Å². The summed E-state index contributed by atoms with van der Waals surface area (Å²) < 4.78 is 0.0622. The highest BCUT2D eigenvalue weighted by Crippen LogP contribution is 2.23. The normalized spacial score (nSPS) is 11.2. The quantitative estimate of drug-likeness (QED) is 0.802. The van der Waals surface area contributed by atoms with Crippen LogP contribution in [0.2, 0.25) is 0 Å². The second-order valence-corrected chi connectivity index (χ2v) is 8.32. The van der Waals surface area contributed by atoms with Gasteiger partial charge in [-0.2, -0.15) is 0 Å². The molecule has 0 fully saturated rings. The van der Waals surface area contributed by atoms with Gasteiger partial charge < -0.3 is 10.4 Å². The maximum absolute atomic E-state index is 11.9. The number of anilines is 1. The molecular formula is C15H21NO3S2. The van der Waals surface area contributed by atoms with Gasteiger partial charge in [-0.25, -0.2) is 0 Å². The van der Waals surface area contributed by atoms with Crippen LogP contribution in [0.3, 0.4) is 0 Å². The average Bonchev–Trinajstić information content (AvgIpc) is 2.36. The fraction of sp³-hybridized carbons (Fsp3) is 0.467. The SMILES string of the molecule is CC(C)(C)SCC(=O)Nc1cccc(CSCC(=O)O)c1. The largest absolute Gasteiger partial charge is 0.481 e. The molecule has 21 heavy (non-hydrogen) atoms. The van der Waals surface area contributed by atoms with Crippen LogP contribution in [0.1, 0.15) is 26.3 Å². The van der Waals surface area contributed by atoms with E-state index in [2.05, 4.69) is 26.1 Å². The molecule has 0 aromatic heterocycles. The van der Waals surface area contributed by atoms with Gasteiger partial charge in [-0.05, 0) is 17.7 Å². The van der Waals surface area contributed by atoms with Crippen LogP contribution in [-0.2, 0) is 15.3 Å². The Balaban J connectivity index is 2.48. The number of carboxylic acids is 1. The predicted octanol–water partition coefficient (Wildman–Crippen LogP) is 3.47. The zero-order valence-electron chi connectivity index (χ0n) is 12.5. The first-order chi connectivity index (χ1) is 9.76. The first-order valence-corrected chi connectivity index (χ1v) is 8.72. The second-order valence-electron chi connectivity index (χ2n) is 5.54. The molecule has 0 atom stereocenters. The van der Waals surface area contributed by atoms with Gasteiger partial charge in [0.15, 0.2) is 0 Å². The van der Waals surface area contributed by atoms with Gasteiger partial charge >= 0.3 is 5.97 Å². The molecule has 1 rings (SSSR count). The Morgan fingerprint density at radius 3 is 2.57 bits per heavy atom. The zero-order valence-corrected chi connectivity index (χ0v) is 14.1. The lowest BCUT2D eigenvalue weighted by Crippen LogP contribution is -2.18. The van der Waals surface area contributed by atoms with Crippen molar-refractivity contribution >= 4 is 41.1 Å². The molecule has 1 aromatic carbocycles. The van der Waals surface area contributed by atoms with Crippen LogP contribution >= 0.6 is 23.5 Å². The van der Waals surface area contributed by atoms with E-state index in [0.717, 1.165) is 11.3 Å². The summed E-state index contributed by atoms with van der Waals surface area (Å²) in [6.45, 7) is 6.22. The number of carbonyl (C=O) groups is 2. The van der Waals surface area contributed by atoms with Crippen LogP contribution in [0, 0.1) is 0 Å². The number of carboxylic acid groups (broad SMARTS) is 1. The highest BCUT2D eigenvalue weighted by molar-refractivity contribution is 8.01. The molecule has 0 saturated carbocycles. The van der Waals surface area contributed by atoms with Crippen LogP contribution < -0.4 is 5.32 Å². The lowest BCUT2D eigenvalue weighted by Gasteiger charge is -2.17. The van der Waals surface area contributed by atoms with Gasteiger partial charge in [-0.15, -0.1) is 23.5 Å². The summed E-state index contributed by atoms with van der Waals surface area (Å²) in [5.74, 6) is 0.279. The monoisotopic (exact) mass is 327 g/mol. The van der Waals surface area contributed by atoms with E-state index in [-0.39, 0.29) is 16.4 Å². The maximum atomic E-state index is 11.9. The molecule has 1 amide bonds. The maximum Gasteiger partial charge on any atom is 0.313 e. The Kier molecular flexibility index (Phi) is 7.11. The van der Waals surface area contributed by atoms with Crippen molar-refractivity contribution in [2.24, 2.45) is 0 Å². The summed E-state index contributed by atoms with van der Waals surface area (Å²) in [4.78, 5) is 22.3. The van der Waals surface area contributed by atoms with Gasteiger partial charge in [0.05, 0.1) is 11.5 Å². The molecule has 0 heterocycles. The highest BCUT2D eigenvalue weighted by Gasteiger charge is 2.13. The number of rotatable bonds is 7. The third-order valence-corrected chi connectivity index (χ3v) is 4.60. The fourth-order valence-electron chi connectivity index (χ4n) is 1.47.